The number of rotatable bonds is 2. The molecule has 21 heavy (non-hydrogen) atoms. The van der Waals surface area contributed by atoms with Crippen LogP contribution in [0.4, 0.5) is 0 Å². The molecule has 4 nitrogen and oxygen atoms in total. The first-order valence-electron chi connectivity index (χ1n) is 8.06. The Kier molecular flexibility index (Phi) is 4.24. The van der Waals surface area contributed by atoms with Gasteiger partial charge in [0, 0.05) is 36.9 Å². The Morgan fingerprint density at radius 2 is 1.90 bits per heavy atom. The van der Waals surface area contributed by atoms with Crippen molar-refractivity contribution < 1.29 is 0 Å². The molecule has 1 aliphatic heterocycles. The van der Waals surface area contributed by atoms with Crippen LogP contribution < -0.4 is 5.73 Å². The first-order valence-corrected chi connectivity index (χ1v) is 8.06. The minimum Gasteiger partial charge on any atom is -0.327 e. The van der Waals surface area contributed by atoms with Gasteiger partial charge in [0.25, 0.3) is 0 Å². The summed E-state index contributed by atoms with van der Waals surface area (Å²) in [6.45, 7) is 18.6. The normalized spacial score (nSPS) is 23.5. The maximum Gasteiger partial charge on any atom is 0.0641 e. The SMILES string of the molecule is Cc1nn(C(C)(C)C)c(C)c1CN1CCC(N)C(C)(C)C1. The summed E-state index contributed by atoms with van der Waals surface area (Å²) < 4.78 is 2.17. The Labute approximate surface area is 129 Å². The van der Waals surface area contributed by atoms with Crippen LogP contribution in [0.3, 0.4) is 0 Å². The van der Waals surface area contributed by atoms with Gasteiger partial charge in [0.15, 0.2) is 0 Å². The van der Waals surface area contributed by atoms with Crippen LogP contribution in [0.5, 0.6) is 0 Å². The van der Waals surface area contributed by atoms with Gasteiger partial charge in [-0.3, -0.25) is 9.58 Å². The van der Waals surface area contributed by atoms with Gasteiger partial charge in [-0.05, 0) is 46.5 Å². The van der Waals surface area contributed by atoms with Crippen LogP contribution in [0.1, 0.15) is 58.0 Å². The summed E-state index contributed by atoms with van der Waals surface area (Å²) in [4.78, 5) is 2.54. The molecular formula is C17H32N4. The van der Waals surface area contributed by atoms with E-state index in [-0.39, 0.29) is 11.0 Å². The van der Waals surface area contributed by atoms with Gasteiger partial charge in [-0.2, -0.15) is 5.10 Å². The summed E-state index contributed by atoms with van der Waals surface area (Å²) >= 11 is 0. The van der Waals surface area contributed by atoms with E-state index in [1.165, 1.54) is 11.3 Å². The average molecular weight is 292 g/mol. The number of nitrogens with zero attached hydrogens (tertiary/aromatic N) is 3. The fourth-order valence-electron chi connectivity index (χ4n) is 3.40. The molecule has 0 radical (unpaired) electrons. The second kappa shape index (κ2) is 5.40. The van der Waals surface area contributed by atoms with E-state index in [2.05, 4.69) is 58.0 Å². The van der Waals surface area contributed by atoms with E-state index < -0.39 is 0 Å². The van der Waals surface area contributed by atoms with E-state index in [1.807, 2.05) is 0 Å². The molecule has 1 saturated heterocycles. The molecule has 0 spiro atoms. The summed E-state index contributed by atoms with van der Waals surface area (Å²) in [5, 5.41) is 4.76. The van der Waals surface area contributed by atoms with Crippen LogP contribution in [0.2, 0.25) is 0 Å². The number of aryl methyl sites for hydroxylation is 1. The van der Waals surface area contributed by atoms with Gasteiger partial charge in [-0.1, -0.05) is 13.8 Å². The van der Waals surface area contributed by atoms with E-state index in [0.717, 1.165) is 31.7 Å². The first kappa shape index (κ1) is 16.5. The number of aromatic nitrogens is 2. The summed E-state index contributed by atoms with van der Waals surface area (Å²) in [5.74, 6) is 0. The summed E-state index contributed by atoms with van der Waals surface area (Å²) in [6.07, 6.45) is 1.08. The van der Waals surface area contributed by atoms with E-state index in [4.69, 9.17) is 10.8 Å². The Bertz CT molecular complexity index is 508. The van der Waals surface area contributed by atoms with Crippen LogP contribution in [-0.4, -0.2) is 33.8 Å². The fourth-order valence-corrected chi connectivity index (χ4v) is 3.40. The van der Waals surface area contributed by atoms with Crippen molar-refractivity contribution in [3.63, 3.8) is 0 Å². The average Bonchev–Trinajstić information content (AvgIpc) is 2.61. The van der Waals surface area contributed by atoms with Gasteiger partial charge in [-0.25, -0.2) is 0 Å². The lowest BCUT2D eigenvalue weighted by Gasteiger charge is -2.42. The van der Waals surface area contributed by atoms with Gasteiger partial charge in [0.1, 0.15) is 0 Å². The molecule has 2 rings (SSSR count). The quantitative estimate of drug-likeness (QED) is 0.912. The Morgan fingerprint density at radius 3 is 2.38 bits per heavy atom. The van der Waals surface area contributed by atoms with Gasteiger partial charge < -0.3 is 5.73 Å². The Morgan fingerprint density at radius 1 is 1.29 bits per heavy atom. The van der Waals surface area contributed by atoms with E-state index in [1.54, 1.807) is 0 Å². The molecule has 4 heteroatoms. The molecule has 1 atom stereocenters. The molecule has 1 aromatic heterocycles. The molecular weight excluding hydrogens is 260 g/mol. The second-order valence-electron chi connectivity index (χ2n) is 8.33. The third kappa shape index (κ3) is 3.32. The highest BCUT2D eigenvalue weighted by Gasteiger charge is 2.34. The molecule has 2 N–H and O–H groups in total. The van der Waals surface area contributed by atoms with E-state index in [0.29, 0.717) is 6.04 Å². The lowest BCUT2D eigenvalue weighted by molar-refractivity contribution is 0.0895. The highest BCUT2D eigenvalue weighted by Crippen LogP contribution is 2.30. The predicted octanol–water partition coefficient (Wildman–Crippen LogP) is 2.81. The standard InChI is InChI=1S/C17H32N4/c1-12-14(13(2)21(19-12)16(3,4)5)10-20-9-8-15(18)17(6,7)11-20/h15H,8-11,18H2,1-7H3. The van der Waals surface area contributed by atoms with Crippen molar-refractivity contribution in [1.29, 1.82) is 0 Å². The lowest BCUT2D eigenvalue weighted by atomic mass is 9.79. The maximum atomic E-state index is 6.25. The molecule has 0 aromatic carbocycles. The number of hydrogen-bond donors (Lipinski definition) is 1. The van der Waals surface area contributed by atoms with Crippen molar-refractivity contribution in [2.75, 3.05) is 13.1 Å². The third-order valence-corrected chi connectivity index (χ3v) is 4.85. The van der Waals surface area contributed by atoms with Gasteiger partial charge in [0.05, 0.1) is 11.2 Å². The summed E-state index contributed by atoms with van der Waals surface area (Å²) in [5.41, 5.74) is 10.3. The fraction of sp³-hybridized carbons (Fsp3) is 0.824. The minimum absolute atomic E-state index is 0.0383. The topological polar surface area (TPSA) is 47.1 Å². The van der Waals surface area contributed by atoms with E-state index >= 15 is 0 Å². The zero-order valence-electron chi connectivity index (χ0n) is 14.8. The van der Waals surface area contributed by atoms with Crippen molar-refractivity contribution in [1.82, 2.24) is 14.7 Å². The predicted molar refractivity (Wildman–Crippen MR) is 88.3 cm³/mol. The van der Waals surface area contributed by atoms with Gasteiger partial charge in [0.2, 0.25) is 0 Å². The lowest BCUT2D eigenvalue weighted by Crippen LogP contribution is -2.52. The van der Waals surface area contributed by atoms with Crippen LogP contribution in [0.15, 0.2) is 0 Å². The first-order chi connectivity index (χ1) is 9.52. The summed E-state index contributed by atoms with van der Waals surface area (Å²) in [7, 11) is 0. The molecule has 0 saturated carbocycles. The third-order valence-electron chi connectivity index (χ3n) is 4.85. The molecule has 120 valence electrons. The largest absolute Gasteiger partial charge is 0.327 e. The Hall–Kier alpha value is -0.870. The second-order valence-corrected chi connectivity index (χ2v) is 8.33. The summed E-state index contributed by atoms with van der Waals surface area (Å²) in [6, 6.07) is 0.313. The van der Waals surface area contributed by atoms with Crippen molar-refractivity contribution in [3.8, 4) is 0 Å². The molecule has 1 fully saturated rings. The molecule has 1 aromatic rings. The van der Waals surface area contributed by atoms with Crippen molar-refractivity contribution >= 4 is 0 Å². The van der Waals surface area contributed by atoms with Crippen LogP contribution >= 0.6 is 0 Å². The molecule has 1 aliphatic rings. The van der Waals surface area contributed by atoms with Crippen molar-refractivity contribution in [2.45, 2.75) is 73.0 Å². The Balaban J connectivity index is 2.19. The molecule has 0 aliphatic carbocycles. The van der Waals surface area contributed by atoms with Crippen molar-refractivity contribution in [3.05, 3.63) is 17.0 Å². The van der Waals surface area contributed by atoms with E-state index in [9.17, 15) is 0 Å². The smallest absolute Gasteiger partial charge is 0.0641 e. The zero-order valence-corrected chi connectivity index (χ0v) is 14.8. The highest BCUT2D eigenvalue weighted by atomic mass is 15.3. The molecule has 2 heterocycles. The monoisotopic (exact) mass is 292 g/mol. The van der Waals surface area contributed by atoms with Gasteiger partial charge in [-0.15, -0.1) is 0 Å². The number of hydrogen-bond acceptors (Lipinski definition) is 3. The van der Waals surface area contributed by atoms with Crippen LogP contribution in [0.25, 0.3) is 0 Å². The maximum absolute atomic E-state index is 6.25. The molecule has 1 unspecified atom stereocenters. The zero-order chi connectivity index (χ0) is 16.0. The van der Waals surface area contributed by atoms with Crippen molar-refractivity contribution in [2.24, 2.45) is 11.1 Å². The molecule has 0 bridgehead atoms. The minimum atomic E-state index is 0.0383. The number of nitrogens with two attached hydrogens (primary N) is 1. The van der Waals surface area contributed by atoms with Gasteiger partial charge >= 0.3 is 0 Å². The molecule has 0 amide bonds. The van der Waals surface area contributed by atoms with Crippen LogP contribution in [-0.2, 0) is 12.1 Å². The highest BCUT2D eigenvalue weighted by molar-refractivity contribution is 5.25. The van der Waals surface area contributed by atoms with Crippen LogP contribution in [0, 0.1) is 19.3 Å². The number of piperidine rings is 1. The number of likely N-dealkylation sites (tertiary alicyclic amines) is 1.